The van der Waals surface area contributed by atoms with Crippen molar-refractivity contribution < 1.29 is 5.11 Å². The molecule has 2 atom stereocenters. The van der Waals surface area contributed by atoms with Crippen LogP contribution in [0, 0.1) is 0 Å². The predicted molar refractivity (Wildman–Crippen MR) is 56.7 cm³/mol. The summed E-state index contributed by atoms with van der Waals surface area (Å²) >= 11 is 3.37. The fourth-order valence-corrected chi connectivity index (χ4v) is 1.22. The van der Waals surface area contributed by atoms with Crippen LogP contribution in [0.25, 0.3) is 0 Å². The lowest BCUT2D eigenvalue weighted by molar-refractivity contribution is 0.178. The Bertz CT molecular complexity index is 278. The molecule has 0 aliphatic rings. The molecule has 2 unspecified atom stereocenters. The van der Waals surface area contributed by atoms with Gasteiger partial charge in [0.2, 0.25) is 0 Å². The number of hydrogen-bond acceptors (Lipinski definition) is 3. The van der Waals surface area contributed by atoms with Crippen LogP contribution in [-0.2, 0) is 0 Å². The first-order chi connectivity index (χ1) is 6.11. The Morgan fingerprint density at radius 2 is 2.23 bits per heavy atom. The number of aliphatic hydroxyl groups is 1. The molecule has 0 radical (unpaired) electrons. The van der Waals surface area contributed by atoms with E-state index in [0.717, 1.165) is 10.2 Å². The lowest BCUT2D eigenvalue weighted by atomic mass is 10.2. The molecule has 1 aromatic rings. The maximum atomic E-state index is 9.28. The third-order valence-corrected chi connectivity index (χ3v) is 2.51. The van der Waals surface area contributed by atoms with Crippen molar-refractivity contribution in [3.63, 3.8) is 0 Å². The normalized spacial score (nSPS) is 15.1. The van der Waals surface area contributed by atoms with Crippen LogP contribution in [0.1, 0.15) is 13.8 Å². The first-order valence-electron chi connectivity index (χ1n) is 4.15. The zero-order valence-corrected chi connectivity index (χ0v) is 9.25. The fourth-order valence-electron chi connectivity index (χ4n) is 0.858. The quantitative estimate of drug-likeness (QED) is 0.856. The van der Waals surface area contributed by atoms with E-state index >= 15 is 0 Å². The molecule has 13 heavy (non-hydrogen) atoms. The molecule has 0 amide bonds. The maximum absolute atomic E-state index is 9.28. The van der Waals surface area contributed by atoms with Gasteiger partial charge >= 0.3 is 0 Å². The van der Waals surface area contributed by atoms with Gasteiger partial charge in [-0.25, -0.2) is 0 Å². The fraction of sp³-hybridized carbons (Fsp3) is 0.444. The highest BCUT2D eigenvalue weighted by Crippen LogP contribution is 2.21. The Kier molecular flexibility index (Phi) is 3.69. The monoisotopic (exact) mass is 244 g/mol. The van der Waals surface area contributed by atoms with Crippen LogP contribution in [0.15, 0.2) is 22.9 Å². The second-order valence-electron chi connectivity index (χ2n) is 3.03. The van der Waals surface area contributed by atoms with Gasteiger partial charge in [0.25, 0.3) is 0 Å². The van der Waals surface area contributed by atoms with Gasteiger partial charge < -0.3 is 10.4 Å². The van der Waals surface area contributed by atoms with Gasteiger partial charge in [-0.05, 0) is 35.8 Å². The van der Waals surface area contributed by atoms with Crippen LogP contribution in [0.3, 0.4) is 0 Å². The van der Waals surface area contributed by atoms with Crippen molar-refractivity contribution >= 4 is 21.6 Å². The van der Waals surface area contributed by atoms with Crippen molar-refractivity contribution in [1.29, 1.82) is 0 Å². The third-order valence-electron chi connectivity index (χ3n) is 1.88. The third kappa shape index (κ3) is 2.97. The molecule has 0 aromatic carbocycles. The van der Waals surface area contributed by atoms with Crippen LogP contribution < -0.4 is 5.32 Å². The van der Waals surface area contributed by atoms with E-state index in [1.807, 2.05) is 13.0 Å². The molecule has 0 spiro atoms. The number of anilines is 1. The number of pyridine rings is 1. The molecule has 0 aliphatic heterocycles. The summed E-state index contributed by atoms with van der Waals surface area (Å²) in [6.45, 7) is 3.68. The summed E-state index contributed by atoms with van der Waals surface area (Å²) in [5, 5.41) is 12.5. The number of nitrogens with zero attached hydrogens (tertiary/aromatic N) is 1. The molecule has 0 saturated heterocycles. The minimum Gasteiger partial charge on any atom is -0.391 e. The molecular formula is C9H13BrN2O. The van der Waals surface area contributed by atoms with Gasteiger partial charge in [-0.15, -0.1) is 0 Å². The summed E-state index contributed by atoms with van der Waals surface area (Å²) in [5.41, 5.74) is 0.948. The molecule has 1 heterocycles. The molecule has 2 N–H and O–H groups in total. The molecule has 0 saturated carbocycles. The van der Waals surface area contributed by atoms with Crippen molar-refractivity contribution in [3.05, 3.63) is 22.9 Å². The molecule has 4 heteroatoms. The molecule has 3 nitrogen and oxygen atoms in total. The molecule has 1 aromatic heterocycles. The predicted octanol–water partition coefficient (Wildman–Crippen LogP) is 2.03. The lowest BCUT2D eigenvalue weighted by Crippen LogP contribution is -2.27. The van der Waals surface area contributed by atoms with E-state index in [4.69, 9.17) is 0 Å². The average Bonchev–Trinajstić information content (AvgIpc) is 2.08. The van der Waals surface area contributed by atoms with Gasteiger partial charge in [0.05, 0.1) is 16.3 Å². The standard InChI is InChI=1S/C9H13BrN2O/c1-6(7(2)13)12-9-3-4-11-5-8(9)10/h3-7,13H,1-2H3,(H,11,12). The summed E-state index contributed by atoms with van der Waals surface area (Å²) in [6.07, 6.45) is 3.05. The SMILES string of the molecule is CC(O)C(C)Nc1ccncc1Br. The number of nitrogens with one attached hydrogen (secondary N) is 1. The number of aromatic nitrogens is 1. The van der Waals surface area contributed by atoms with Crippen LogP contribution in [0.5, 0.6) is 0 Å². The van der Waals surface area contributed by atoms with E-state index in [0.29, 0.717) is 0 Å². The summed E-state index contributed by atoms with van der Waals surface area (Å²) in [7, 11) is 0. The zero-order chi connectivity index (χ0) is 9.84. The first-order valence-corrected chi connectivity index (χ1v) is 4.94. The smallest absolute Gasteiger partial charge is 0.0710 e. The van der Waals surface area contributed by atoms with Crippen LogP contribution in [0.2, 0.25) is 0 Å². The highest BCUT2D eigenvalue weighted by Gasteiger charge is 2.09. The number of aliphatic hydroxyl groups excluding tert-OH is 1. The van der Waals surface area contributed by atoms with E-state index in [1.165, 1.54) is 0 Å². The van der Waals surface area contributed by atoms with E-state index in [9.17, 15) is 5.11 Å². The largest absolute Gasteiger partial charge is 0.391 e. The molecule has 1 rings (SSSR count). The minimum atomic E-state index is -0.375. The Balaban J connectivity index is 2.69. The first kappa shape index (κ1) is 10.5. The van der Waals surface area contributed by atoms with Gasteiger partial charge in [-0.3, -0.25) is 4.98 Å². The summed E-state index contributed by atoms with van der Waals surface area (Å²) in [6, 6.07) is 1.89. The summed E-state index contributed by atoms with van der Waals surface area (Å²) in [4.78, 5) is 3.95. The molecule has 0 fully saturated rings. The summed E-state index contributed by atoms with van der Waals surface area (Å²) in [5.74, 6) is 0. The van der Waals surface area contributed by atoms with Gasteiger partial charge in [0, 0.05) is 18.4 Å². The zero-order valence-electron chi connectivity index (χ0n) is 7.66. The van der Waals surface area contributed by atoms with E-state index in [1.54, 1.807) is 19.3 Å². The van der Waals surface area contributed by atoms with Gasteiger partial charge in [-0.2, -0.15) is 0 Å². The van der Waals surface area contributed by atoms with Crippen LogP contribution in [0.4, 0.5) is 5.69 Å². The number of halogens is 1. The van der Waals surface area contributed by atoms with Gasteiger partial charge in [0.1, 0.15) is 0 Å². The van der Waals surface area contributed by atoms with Crippen molar-refractivity contribution in [3.8, 4) is 0 Å². The van der Waals surface area contributed by atoms with Crippen LogP contribution in [-0.4, -0.2) is 22.2 Å². The van der Waals surface area contributed by atoms with Gasteiger partial charge in [0.15, 0.2) is 0 Å². The van der Waals surface area contributed by atoms with Crippen molar-refractivity contribution in [2.24, 2.45) is 0 Å². The number of hydrogen-bond donors (Lipinski definition) is 2. The molecule has 0 aliphatic carbocycles. The Morgan fingerprint density at radius 1 is 1.54 bits per heavy atom. The van der Waals surface area contributed by atoms with Gasteiger partial charge in [-0.1, -0.05) is 0 Å². The topological polar surface area (TPSA) is 45.1 Å². The Hall–Kier alpha value is -0.610. The average molecular weight is 245 g/mol. The lowest BCUT2D eigenvalue weighted by Gasteiger charge is -2.18. The van der Waals surface area contributed by atoms with Crippen molar-refractivity contribution in [1.82, 2.24) is 4.98 Å². The second-order valence-corrected chi connectivity index (χ2v) is 3.88. The molecular weight excluding hydrogens is 232 g/mol. The summed E-state index contributed by atoms with van der Waals surface area (Å²) < 4.78 is 0.905. The van der Waals surface area contributed by atoms with E-state index in [2.05, 4.69) is 26.2 Å². The van der Waals surface area contributed by atoms with Crippen LogP contribution >= 0.6 is 15.9 Å². The highest BCUT2D eigenvalue weighted by atomic mass is 79.9. The van der Waals surface area contributed by atoms with E-state index in [-0.39, 0.29) is 12.1 Å². The van der Waals surface area contributed by atoms with E-state index < -0.39 is 0 Å². The minimum absolute atomic E-state index is 0.0266. The van der Waals surface area contributed by atoms with Crippen molar-refractivity contribution in [2.75, 3.05) is 5.32 Å². The molecule has 0 bridgehead atoms. The Morgan fingerprint density at radius 3 is 2.77 bits per heavy atom. The maximum Gasteiger partial charge on any atom is 0.0710 e. The Labute approximate surface area is 86.3 Å². The second kappa shape index (κ2) is 4.58. The number of rotatable bonds is 3. The molecule has 72 valence electrons. The van der Waals surface area contributed by atoms with Crippen molar-refractivity contribution in [2.45, 2.75) is 26.0 Å². The highest BCUT2D eigenvalue weighted by molar-refractivity contribution is 9.10.